The Balaban J connectivity index is 1.98. The molecule has 1 aliphatic rings. The molecule has 1 saturated heterocycles. The fourth-order valence-electron chi connectivity index (χ4n) is 3.00. The van der Waals surface area contributed by atoms with Crippen LogP contribution in [-0.4, -0.2) is 33.4 Å². The monoisotopic (exact) mass is 384 g/mol. The smallest absolute Gasteiger partial charge is 0.416 e. The molecular formula is C17H15F3N2O3S. The van der Waals surface area contributed by atoms with Gasteiger partial charge in [-0.15, -0.1) is 11.3 Å². The molecule has 0 radical (unpaired) electrons. The molecule has 26 heavy (non-hydrogen) atoms. The van der Waals surface area contributed by atoms with Gasteiger partial charge in [-0.05, 0) is 38.0 Å². The van der Waals surface area contributed by atoms with Crippen LogP contribution in [0.15, 0.2) is 23.6 Å². The number of likely N-dealkylation sites (tertiary alicyclic amines) is 1. The average Bonchev–Trinajstić information content (AvgIpc) is 3.21. The Hall–Kier alpha value is -2.42. The molecule has 5 nitrogen and oxygen atoms in total. The van der Waals surface area contributed by atoms with E-state index in [-0.39, 0.29) is 11.6 Å². The van der Waals surface area contributed by atoms with Gasteiger partial charge in [-0.3, -0.25) is 4.79 Å². The summed E-state index contributed by atoms with van der Waals surface area (Å²) in [4.78, 5) is 29.8. The molecule has 1 N–H and O–H groups in total. The fourth-order valence-corrected chi connectivity index (χ4v) is 3.94. The minimum Gasteiger partial charge on any atom is -0.478 e. The Morgan fingerprint density at radius 2 is 1.96 bits per heavy atom. The van der Waals surface area contributed by atoms with Crippen LogP contribution in [0.5, 0.6) is 0 Å². The topological polar surface area (TPSA) is 70.5 Å². The minimum absolute atomic E-state index is 0.280. The van der Waals surface area contributed by atoms with Crippen molar-refractivity contribution in [2.45, 2.75) is 32.0 Å². The number of hydrogen-bond acceptors (Lipinski definition) is 4. The maximum atomic E-state index is 13.1. The van der Waals surface area contributed by atoms with Crippen LogP contribution in [0, 0.1) is 6.92 Å². The molecule has 1 atom stereocenters. The number of benzene rings is 1. The van der Waals surface area contributed by atoms with E-state index in [1.807, 2.05) is 12.3 Å². The van der Waals surface area contributed by atoms with Crippen LogP contribution in [0.4, 0.5) is 13.2 Å². The molecule has 2 heterocycles. The first-order valence-corrected chi connectivity index (χ1v) is 8.73. The van der Waals surface area contributed by atoms with Gasteiger partial charge in [0.25, 0.3) is 5.91 Å². The van der Waals surface area contributed by atoms with Crippen LogP contribution in [-0.2, 0) is 6.18 Å². The van der Waals surface area contributed by atoms with Gasteiger partial charge in [0.15, 0.2) is 0 Å². The number of rotatable bonds is 3. The quantitative estimate of drug-likeness (QED) is 0.863. The maximum Gasteiger partial charge on any atom is 0.416 e. The molecule has 138 valence electrons. The Morgan fingerprint density at radius 3 is 2.54 bits per heavy atom. The zero-order chi connectivity index (χ0) is 19.1. The predicted molar refractivity (Wildman–Crippen MR) is 88.3 cm³/mol. The molecule has 1 aromatic carbocycles. The number of halogens is 3. The highest BCUT2D eigenvalue weighted by Crippen LogP contribution is 2.36. The number of carboxylic acid groups (broad SMARTS) is 1. The van der Waals surface area contributed by atoms with Gasteiger partial charge in [0, 0.05) is 23.2 Å². The van der Waals surface area contributed by atoms with Crippen LogP contribution in [0.1, 0.15) is 55.9 Å². The Kier molecular flexibility index (Phi) is 4.74. The standard InChI is InChI=1S/C17H15F3N2O3S/c1-9-8-26-14(21-9)13-3-2-4-22(13)15(23)10-5-11(16(24)25)7-12(6-10)17(18,19)20/h5-8,13H,2-4H2,1H3,(H,24,25). The van der Waals surface area contributed by atoms with Crippen LogP contribution in [0.2, 0.25) is 0 Å². The lowest BCUT2D eigenvalue weighted by Crippen LogP contribution is -2.31. The minimum atomic E-state index is -4.74. The van der Waals surface area contributed by atoms with Crippen molar-refractivity contribution in [2.24, 2.45) is 0 Å². The van der Waals surface area contributed by atoms with Gasteiger partial charge in [0.1, 0.15) is 5.01 Å². The van der Waals surface area contributed by atoms with E-state index >= 15 is 0 Å². The number of carbonyl (C=O) groups excluding carboxylic acids is 1. The number of nitrogens with zero attached hydrogens (tertiary/aromatic N) is 2. The average molecular weight is 384 g/mol. The van der Waals surface area contributed by atoms with Gasteiger partial charge >= 0.3 is 12.1 Å². The number of aromatic carboxylic acids is 1. The van der Waals surface area contributed by atoms with Gasteiger partial charge in [-0.25, -0.2) is 9.78 Å². The number of carboxylic acids is 1. The Labute approximate surface area is 151 Å². The fraction of sp³-hybridized carbons (Fsp3) is 0.353. The summed E-state index contributed by atoms with van der Waals surface area (Å²) >= 11 is 1.40. The van der Waals surface area contributed by atoms with Gasteiger partial charge in [0.05, 0.1) is 17.2 Å². The van der Waals surface area contributed by atoms with Crippen molar-refractivity contribution in [1.29, 1.82) is 0 Å². The number of amides is 1. The summed E-state index contributed by atoms with van der Waals surface area (Å²) in [5, 5.41) is 11.7. The lowest BCUT2D eigenvalue weighted by atomic mass is 10.0. The molecule has 0 spiro atoms. The first-order chi connectivity index (χ1) is 12.2. The highest BCUT2D eigenvalue weighted by Gasteiger charge is 2.36. The third-order valence-corrected chi connectivity index (χ3v) is 5.25. The summed E-state index contributed by atoms with van der Waals surface area (Å²) in [5.41, 5.74) is -1.18. The molecule has 0 bridgehead atoms. The largest absolute Gasteiger partial charge is 0.478 e. The molecular weight excluding hydrogens is 369 g/mol. The number of alkyl halides is 3. The zero-order valence-electron chi connectivity index (χ0n) is 13.7. The van der Waals surface area contributed by atoms with E-state index in [1.54, 1.807) is 0 Å². The van der Waals surface area contributed by atoms with Crippen molar-refractivity contribution < 1.29 is 27.9 Å². The van der Waals surface area contributed by atoms with E-state index in [4.69, 9.17) is 5.11 Å². The van der Waals surface area contributed by atoms with Crippen molar-refractivity contribution in [3.8, 4) is 0 Å². The van der Waals surface area contributed by atoms with E-state index in [0.29, 0.717) is 31.5 Å². The maximum absolute atomic E-state index is 13.1. The van der Waals surface area contributed by atoms with Crippen molar-refractivity contribution in [2.75, 3.05) is 6.54 Å². The third kappa shape index (κ3) is 3.57. The number of hydrogen-bond donors (Lipinski definition) is 1. The SMILES string of the molecule is Cc1csc(C2CCCN2C(=O)c2cc(C(=O)O)cc(C(F)(F)F)c2)n1. The first-order valence-electron chi connectivity index (χ1n) is 7.85. The Morgan fingerprint density at radius 1 is 1.27 bits per heavy atom. The lowest BCUT2D eigenvalue weighted by Gasteiger charge is -2.23. The highest BCUT2D eigenvalue weighted by molar-refractivity contribution is 7.09. The molecule has 0 aliphatic carbocycles. The molecule has 1 aliphatic heterocycles. The van der Waals surface area contributed by atoms with Crippen LogP contribution >= 0.6 is 11.3 Å². The predicted octanol–water partition coefficient (Wildman–Crippen LogP) is 4.15. The summed E-state index contributed by atoms with van der Waals surface area (Å²) < 4.78 is 39.2. The lowest BCUT2D eigenvalue weighted by molar-refractivity contribution is -0.137. The molecule has 1 fully saturated rings. The summed E-state index contributed by atoms with van der Waals surface area (Å²) in [6.45, 7) is 2.22. The highest BCUT2D eigenvalue weighted by atomic mass is 32.1. The number of carbonyl (C=O) groups is 2. The first kappa shape index (κ1) is 18.4. The van der Waals surface area contributed by atoms with Crippen molar-refractivity contribution >= 4 is 23.2 Å². The van der Waals surface area contributed by atoms with Crippen LogP contribution < -0.4 is 0 Å². The van der Waals surface area contributed by atoms with Crippen LogP contribution in [0.25, 0.3) is 0 Å². The normalized spacial score (nSPS) is 17.5. The molecule has 9 heteroatoms. The van der Waals surface area contributed by atoms with Crippen molar-refractivity contribution in [3.63, 3.8) is 0 Å². The number of aryl methyl sites for hydroxylation is 1. The summed E-state index contributed by atoms with van der Waals surface area (Å²) in [5.74, 6) is -2.13. The van der Waals surface area contributed by atoms with Crippen molar-refractivity contribution in [3.05, 3.63) is 51.0 Å². The molecule has 0 saturated carbocycles. The molecule has 2 aromatic rings. The molecule has 1 unspecified atom stereocenters. The zero-order valence-corrected chi connectivity index (χ0v) is 14.5. The molecule has 1 amide bonds. The van der Waals surface area contributed by atoms with Crippen molar-refractivity contribution in [1.82, 2.24) is 9.88 Å². The van der Waals surface area contributed by atoms with E-state index in [2.05, 4.69) is 4.98 Å². The van der Waals surface area contributed by atoms with E-state index in [0.717, 1.165) is 16.8 Å². The second kappa shape index (κ2) is 6.71. The van der Waals surface area contributed by atoms with E-state index in [9.17, 15) is 22.8 Å². The Bertz CT molecular complexity index is 863. The van der Waals surface area contributed by atoms with Gasteiger partial charge in [-0.2, -0.15) is 13.2 Å². The third-order valence-electron chi connectivity index (χ3n) is 4.19. The summed E-state index contributed by atoms with van der Waals surface area (Å²) in [6.07, 6.45) is -3.36. The van der Waals surface area contributed by atoms with Gasteiger partial charge < -0.3 is 10.0 Å². The number of aromatic nitrogens is 1. The summed E-state index contributed by atoms with van der Waals surface area (Å²) in [6, 6.07) is 1.92. The molecule has 1 aromatic heterocycles. The van der Waals surface area contributed by atoms with Crippen LogP contribution in [0.3, 0.4) is 0 Å². The number of thiazole rings is 1. The van der Waals surface area contributed by atoms with Gasteiger partial charge in [-0.1, -0.05) is 0 Å². The second-order valence-corrected chi connectivity index (χ2v) is 6.98. The van der Waals surface area contributed by atoms with Gasteiger partial charge in [0.2, 0.25) is 0 Å². The summed E-state index contributed by atoms with van der Waals surface area (Å²) in [7, 11) is 0. The van der Waals surface area contributed by atoms with E-state index < -0.39 is 29.2 Å². The second-order valence-electron chi connectivity index (χ2n) is 6.09. The molecule has 3 rings (SSSR count). The van der Waals surface area contributed by atoms with E-state index in [1.165, 1.54) is 16.2 Å².